The number of hydrogen-bond acceptors (Lipinski definition) is 7. The molecule has 0 unspecified atom stereocenters. The molecule has 1 fully saturated rings. The highest BCUT2D eigenvalue weighted by Crippen LogP contribution is 2.18. The third-order valence-electron chi connectivity index (χ3n) is 3.59. The fraction of sp³-hybridized carbons (Fsp3) is 0.692. The maximum Gasteiger partial charge on any atom is 0.327 e. The van der Waals surface area contributed by atoms with Crippen molar-refractivity contribution in [3.63, 3.8) is 0 Å². The van der Waals surface area contributed by atoms with Gasteiger partial charge in [0.05, 0.1) is 12.6 Å². The lowest BCUT2D eigenvalue weighted by molar-refractivity contribution is -0.141. The van der Waals surface area contributed by atoms with Gasteiger partial charge in [-0.3, -0.25) is 14.4 Å². The minimum atomic E-state index is -1.21. The van der Waals surface area contributed by atoms with Gasteiger partial charge in [-0.2, -0.15) is 25.3 Å². The largest absolute Gasteiger partial charge is 0.480 e. The summed E-state index contributed by atoms with van der Waals surface area (Å²) in [7, 11) is 0. The number of nitrogens with zero attached hydrogens (tertiary/aromatic N) is 1. The lowest BCUT2D eigenvalue weighted by Crippen LogP contribution is -2.53. The van der Waals surface area contributed by atoms with Crippen molar-refractivity contribution < 1.29 is 24.3 Å². The summed E-state index contributed by atoms with van der Waals surface area (Å²) in [4.78, 5) is 48.2. The molecule has 1 aliphatic rings. The number of rotatable bonds is 8. The van der Waals surface area contributed by atoms with Crippen LogP contribution in [0.4, 0.5) is 0 Å². The maximum absolute atomic E-state index is 12.2. The minimum Gasteiger partial charge on any atom is -0.480 e. The molecule has 0 aliphatic carbocycles. The van der Waals surface area contributed by atoms with Crippen LogP contribution in [-0.2, 0) is 19.2 Å². The van der Waals surface area contributed by atoms with E-state index in [1.54, 1.807) is 0 Å². The Hall–Kier alpha value is -1.46. The molecule has 11 heteroatoms. The van der Waals surface area contributed by atoms with Gasteiger partial charge in [0.25, 0.3) is 0 Å². The Morgan fingerprint density at radius 3 is 2.46 bits per heavy atom. The van der Waals surface area contributed by atoms with Crippen LogP contribution in [0.25, 0.3) is 0 Å². The second-order valence-electron chi connectivity index (χ2n) is 5.34. The van der Waals surface area contributed by atoms with Gasteiger partial charge in [0.15, 0.2) is 0 Å². The minimum absolute atomic E-state index is 0.0679. The molecule has 0 aromatic rings. The molecular weight excluding hydrogens is 356 g/mol. The van der Waals surface area contributed by atoms with Crippen LogP contribution < -0.4 is 16.4 Å². The van der Waals surface area contributed by atoms with E-state index in [4.69, 9.17) is 10.8 Å². The van der Waals surface area contributed by atoms with E-state index in [1.165, 1.54) is 4.90 Å². The van der Waals surface area contributed by atoms with Crippen LogP contribution in [0, 0.1) is 0 Å². The molecule has 0 spiro atoms. The third-order valence-corrected chi connectivity index (χ3v) is 4.35. The number of likely N-dealkylation sites (tertiary alicyclic amines) is 1. The Kier molecular flexibility index (Phi) is 8.36. The normalized spacial score (nSPS) is 19.5. The number of hydrogen-bond donors (Lipinski definition) is 6. The fourth-order valence-electron chi connectivity index (χ4n) is 2.31. The van der Waals surface area contributed by atoms with E-state index in [2.05, 4.69) is 35.9 Å². The first kappa shape index (κ1) is 20.6. The van der Waals surface area contributed by atoms with Crippen LogP contribution in [0.3, 0.4) is 0 Å². The lowest BCUT2D eigenvalue weighted by atomic mass is 10.2. The Bertz CT molecular complexity index is 505. The molecule has 1 rings (SSSR count). The molecule has 0 bridgehead atoms. The first-order chi connectivity index (χ1) is 11.3. The highest BCUT2D eigenvalue weighted by molar-refractivity contribution is 7.80. The van der Waals surface area contributed by atoms with E-state index >= 15 is 0 Å². The van der Waals surface area contributed by atoms with Crippen LogP contribution in [0.15, 0.2) is 0 Å². The fourth-order valence-corrected chi connectivity index (χ4v) is 2.71. The van der Waals surface area contributed by atoms with E-state index in [9.17, 15) is 19.2 Å². The molecule has 24 heavy (non-hydrogen) atoms. The van der Waals surface area contributed by atoms with E-state index in [-0.39, 0.29) is 24.0 Å². The van der Waals surface area contributed by atoms with E-state index in [0.717, 1.165) is 0 Å². The van der Waals surface area contributed by atoms with E-state index < -0.39 is 35.9 Å². The SMILES string of the molecule is N[C@@H](CS)C(=O)N1CCC[C@H]1C(=O)NCC(=O)N[C@@H](CS)C(=O)O. The van der Waals surface area contributed by atoms with E-state index in [0.29, 0.717) is 19.4 Å². The topological polar surface area (TPSA) is 142 Å². The molecule has 136 valence electrons. The standard InChI is InChI=1S/C13H22N4O5S2/c14-7(5-23)12(20)17-3-1-2-9(17)11(19)15-4-10(18)16-8(6-24)13(21)22/h7-9,23-24H,1-6,14H2,(H,15,19)(H,16,18)(H,21,22)/t7-,8-,9-/m0/s1. The third kappa shape index (κ3) is 5.56. The van der Waals surface area contributed by atoms with Gasteiger partial charge in [-0.05, 0) is 12.8 Å². The molecule has 9 nitrogen and oxygen atoms in total. The zero-order valence-electron chi connectivity index (χ0n) is 13.0. The van der Waals surface area contributed by atoms with Crippen molar-refractivity contribution in [3.05, 3.63) is 0 Å². The monoisotopic (exact) mass is 378 g/mol. The number of nitrogens with one attached hydrogen (secondary N) is 2. The van der Waals surface area contributed by atoms with Gasteiger partial charge >= 0.3 is 5.97 Å². The maximum atomic E-state index is 12.2. The van der Waals surface area contributed by atoms with Crippen LogP contribution in [0.5, 0.6) is 0 Å². The first-order valence-corrected chi connectivity index (χ1v) is 8.66. The Morgan fingerprint density at radius 1 is 1.25 bits per heavy atom. The second kappa shape index (κ2) is 9.74. The summed E-state index contributed by atoms with van der Waals surface area (Å²) in [6.07, 6.45) is 1.14. The summed E-state index contributed by atoms with van der Waals surface area (Å²) in [5, 5.41) is 13.5. The number of carboxylic acid groups (broad SMARTS) is 1. The van der Waals surface area contributed by atoms with Crippen molar-refractivity contribution in [1.82, 2.24) is 15.5 Å². The zero-order valence-corrected chi connectivity index (χ0v) is 14.8. The predicted octanol–water partition coefficient (Wildman–Crippen LogP) is -2.15. The Morgan fingerprint density at radius 2 is 1.92 bits per heavy atom. The van der Waals surface area contributed by atoms with Crippen LogP contribution >= 0.6 is 25.3 Å². The summed E-state index contributed by atoms with van der Waals surface area (Å²) in [6.45, 7) is 0.0406. The van der Waals surface area contributed by atoms with Crippen LogP contribution in [0.1, 0.15) is 12.8 Å². The Labute approximate surface area is 150 Å². The molecule has 3 atom stereocenters. The number of thiol groups is 2. The first-order valence-electron chi connectivity index (χ1n) is 7.39. The van der Waals surface area contributed by atoms with Gasteiger partial charge in [-0.1, -0.05) is 0 Å². The molecule has 0 aromatic carbocycles. The molecule has 1 heterocycles. The average Bonchev–Trinajstić information content (AvgIpc) is 3.05. The van der Waals surface area contributed by atoms with Crippen molar-refractivity contribution in [1.29, 1.82) is 0 Å². The Balaban J connectivity index is 2.53. The van der Waals surface area contributed by atoms with E-state index in [1.807, 2.05) is 0 Å². The smallest absolute Gasteiger partial charge is 0.327 e. The van der Waals surface area contributed by atoms with Gasteiger partial charge in [-0.15, -0.1) is 0 Å². The number of nitrogens with two attached hydrogens (primary N) is 1. The molecule has 1 saturated heterocycles. The molecule has 3 amide bonds. The zero-order chi connectivity index (χ0) is 18.3. The molecule has 1 aliphatic heterocycles. The number of amides is 3. The molecule has 0 saturated carbocycles. The van der Waals surface area contributed by atoms with Gasteiger partial charge in [0.2, 0.25) is 17.7 Å². The molecular formula is C13H22N4O5S2. The van der Waals surface area contributed by atoms with Crippen molar-refractivity contribution in [2.75, 3.05) is 24.6 Å². The number of carboxylic acids is 1. The quantitative estimate of drug-likeness (QED) is 0.266. The lowest BCUT2D eigenvalue weighted by Gasteiger charge is -2.26. The average molecular weight is 378 g/mol. The summed E-state index contributed by atoms with van der Waals surface area (Å²) < 4.78 is 0. The van der Waals surface area contributed by atoms with Crippen molar-refractivity contribution in [2.24, 2.45) is 5.73 Å². The number of carbonyl (C=O) groups excluding carboxylic acids is 3. The highest BCUT2D eigenvalue weighted by Gasteiger charge is 2.35. The van der Waals surface area contributed by atoms with Crippen molar-refractivity contribution in [2.45, 2.75) is 31.0 Å². The predicted molar refractivity (Wildman–Crippen MR) is 93.0 cm³/mol. The van der Waals surface area contributed by atoms with Crippen LogP contribution in [0.2, 0.25) is 0 Å². The van der Waals surface area contributed by atoms with Crippen molar-refractivity contribution in [3.8, 4) is 0 Å². The molecule has 0 radical (unpaired) electrons. The number of aliphatic carboxylic acids is 1. The van der Waals surface area contributed by atoms with Gasteiger partial charge < -0.3 is 26.4 Å². The number of carbonyl (C=O) groups is 4. The van der Waals surface area contributed by atoms with Crippen LogP contribution in [-0.4, -0.2) is 76.4 Å². The highest BCUT2D eigenvalue weighted by atomic mass is 32.1. The molecule has 5 N–H and O–H groups in total. The van der Waals surface area contributed by atoms with Crippen molar-refractivity contribution >= 4 is 48.9 Å². The summed E-state index contributed by atoms with van der Waals surface area (Å²) in [5.41, 5.74) is 5.65. The summed E-state index contributed by atoms with van der Waals surface area (Å²) in [5.74, 6) is -2.58. The molecule has 0 aromatic heterocycles. The second-order valence-corrected chi connectivity index (χ2v) is 6.07. The summed E-state index contributed by atoms with van der Waals surface area (Å²) >= 11 is 7.80. The van der Waals surface area contributed by atoms with Gasteiger partial charge in [-0.25, -0.2) is 4.79 Å². The summed E-state index contributed by atoms with van der Waals surface area (Å²) in [6, 6.07) is -2.59. The van der Waals surface area contributed by atoms with Gasteiger partial charge in [0, 0.05) is 18.1 Å². The van der Waals surface area contributed by atoms with Gasteiger partial charge in [0.1, 0.15) is 12.1 Å².